The molecular weight excluding hydrogens is 322 g/mol. The van der Waals surface area contributed by atoms with Gasteiger partial charge < -0.3 is 15.2 Å². The first-order chi connectivity index (χ1) is 12.6. The van der Waals surface area contributed by atoms with E-state index in [2.05, 4.69) is 48.3 Å². The SMILES string of the molecule is COc1ccc(CNC2CCCC(O)(C#Cc3cccc(C)c3)C2)cc1. The predicted molar refractivity (Wildman–Crippen MR) is 105 cm³/mol. The van der Waals surface area contributed by atoms with E-state index in [0.717, 1.165) is 37.1 Å². The first kappa shape index (κ1) is 18.5. The average molecular weight is 349 g/mol. The molecule has 0 radical (unpaired) electrons. The zero-order valence-corrected chi connectivity index (χ0v) is 15.6. The van der Waals surface area contributed by atoms with Gasteiger partial charge in [0.25, 0.3) is 0 Å². The second-order valence-corrected chi connectivity index (χ2v) is 7.17. The zero-order valence-electron chi connectivity index (χ0n) is 15.6. The Labute approximate surface area is 156 Å². The maximum atomic E-state index is 10.9. The number of ether oxygens (including phenoxy) is 1. The molecule has 136 valence electrons. The number of rotatable bonds is 4. The first-order valence-corrected chi connectivity index (χ1v) is 9.25. The number of aliphatic hydroxyl groups is 1. The van der Waals surface area contributed by atoms with Crippen LogP contribution in [0, 0.1) is 18.8 Å². The van der Waals surface area contributed by atoms with Crippen molar-refractivity contribution in [2.24, 2.45) is 0 Å². The van der Waals surface area contributed by atoms with Gasteiger partial charge in [-0.1, -0.05) is 36.1 Å². The molecule has 3 rings (SSSR count). The number of methoxy groups -OCH3 is 1. The van der Waals surface area contributed by atoms with E-state index in [1.54, 1.807) is 7.11 Å². The van der Waals surface area contributed by atoms with E-state index < -0.39 is 5.60 Å². The maximum absolute atomic E-state index is 10.9. The molecule has 2 aromatic carbocycles. The Morgan fingerprint density at radius 2 is 2.04 bits per heavy atom. The van der Waals surface area contributed by atoms with Crippen LogP contribution in [0.2, 0.25) is 0 Å². The van der Waals surface area contributed by atoms with Crippen molar-refractivity contribution < 1.29 is 9.84 Å². The number of aryl methyl sites for hydroxylation is 1. The summed E-state index contributed by atoms with van der Waals surface area (Å²) in [6, 6.07) is 16.5. The lowest BCUT2D eigenvalue weighted by atomic mass is 9.82. The molecule has 0 spiro atoms. The molecule has 1 aliphatic rings. The molecule has 1 fully saturated rings. The number of hydrogen-bond acceptors (Lipinski definition) is 3. The molecule has 3 nitrogen and oxygen atoms in total. The molecule has 0 heterocycles. The summed E-state index contributed by atoms with van der Waals surface area (Å²) in [6.45, 7) is 2.84. The van der Waals surface area contributed by atoms with Crippen LogP contribution in [0.25, 0.3) is 0 Å². The summed E-state index contributed by atoms with van der Waals surface area (Å²) in [5.74, 6) is 7.16. The highest BCUT2D eigenvalue weighted by atomic mass is 16.5. The van der Waals surface area contributed by atoms with Crippen molar-refractivity contribution in [2.75, 3.05) is 7.11 Å². The highest BCUT2D eigenvalue weighted by Gasteiger charge is 2.32. The monoisotopic (exact) mass is 349 g/mol. The molecule has 2 unspecified atom stereocenters. The molecule has 26 heavy (non-hydrogen) atoms. The zero-order chi connectivity index (χ0) is 18.4. The van der Waals surface area contributed by atoms with Crippen molar-refractivity contribution in [3.05, 3.63) is 65.2 Å². The molecule has 2 N–H and O–H groups in total. The van der Waals surface area contributed by atoms with Crippen LogP contribution < -0.4 is 10.1 Å². The summed E-state index contributed by atoms with van der Waals surface area (Å²) < 4.78 is 5.19. The summed E-state index contributed by atoms with van der Waals surface area (Å²) in [5, 5.41) is 14.5. The van der Waals surface area contributed by atoms with Crippen LogP contribution in [0.15, 0.2) is 48.5 Å². The third-order valence-electron chi connectivity index (χ3n) is 4.94. The van der Waals surface area contributed by atoms with Crippen molar-refractivity contribution >= 4 is 0 Å². The van der Waals surface area contributed by atoms with E-state index in [1.165, 1.54) is 11.1 Å². The van der Waals surface area contributed by atoms with Crippen molar-refractivity contribution in [3.8, 4) is 17.6 Å². The van der Waals surface area contributed by atoms with E-state index >= 15 is 0 Å². The molecule has 2 atom stereocenters. The minimum absolute atomic E-state index is 0.280. The van der Waals surface area contributed by atoms with E-state index in [9.17, 15) is 5.11 Å². The quantitative estimate of drug-likeness (QED) is 0.825. The lowest BCUT2D eigenvalue weighted by Gasteiger charge is -2.33. The van der Waals surface area contributed by atoms with Crippen LogP contribution in [-0.4, -0.2) is 23.9 Å². The van der Waals surface area contributed by atoms with Crippen LogP contribution in [0.5, 0.6) is 5.75 Å². The normalized spacial score (nSPS) is 22.3. The van der Waals surface area contributed by atoms with Gasteiger partial charge in [-0.05, 0) is 61.6 Å². The number of benzene rings is 2. The van der Waals surface area contributed by atoms with Crippen molar-refractivity contribution in [1.29, 1.82) is 0 Å². The van der Waals surface area contributed by atoms with Gasteiger partial charge in [-0.25, -0.2) is 0 Å². The molecule has 1 saturated carbocycles. The fourth-order valence-electron chi connectivity index (χ4n) is 3.46. The smallest absolute Gasteiger partial charge is 0.127 e. The predicted octanol–water partition coefficient (Wildman–Crippen LogP) is 3.82. The minimum Gasteiger partial charge on any atom is -0.497 e. The molecule has 0 aromatic heterocycles. The molecule has 0 amide bonds. The minimum atomic E-state index is -0.903. The van der Waals surface area contributed by atoms with E-state index in [1.807, 2.05) is 24.3 Å². The summed E-state index contributed by atoms with van der Waals surface area (Å²) in [7, 11) is 1.67. The average Bonchev–Trinajstić information content (AvgIpc) is 2.65. The number of nitrogens with one attached hydrogen (secondary N) is 1. The van der Waals surface area contributed by atoms with Crippen LogP contribution in [-0.2, 0) is 6.54 Å². The third-order valence-corrected chi connectivity index (χ3v) is 4.94. The maximum Gasteiger partial charge on any atom is 0.127 e. The Bertz CT molecular complexity index is 788. The Hall–Kier alpha value is -2.28. The third kappa shape index (κ3) is 5.11. The Morgan fingerprint density at radius 3 is 2.77 bits per heavy atom. The largest absolute Gasteiger partial charge is 0.497 e. The van der Waals surface area contributed by atoms with Gasteiger partial charge in [0.1, 0.15) is 11.4 Å². The molecular formula is C23H27NO2. The molecule has 3 heteroatoms. The van der Waals surface area contributed by atoms with Gasteiger partial charge in [0.05, 0.1) is 7.11 Å². The molecule has 1 aliphatic carbocycles. The Kier molecular flexibility index (Phi) is 5.98. The van der Waals surface area contributed by atoms with Gasteiger partial charge in [0.15, 0.2) is 0 Å². The van der Waals surface area contributed by atoms with Gasteiger partial charge in [-0.3, -0.25) is 0 Å². The van der Waals surface area contributed by atoms with Gasteiger partial charge in [0, 0.05) is 24.6 Å². The van der Waals surface area contributed by atoms with E-state index in [4.69, 9.17) is 4.74 Å². The van der Waals surface area contributed by atoms with Crippen LogP contribution >= 0.6 is 0 Å². The van der Waals surface area contributed by atoms with Gasteiger partial charge in [-0.15, -0.1) is 0 Å². The highest BCUT2D eigenvalue weighted by Crippen LogP contribution is 2.28. The van der Waals surface area contributed by atoms with Gasteiger partial charge in [-0.2, -0.15) is 0 Å². The van der Waals surface area contributed by atoms with Crippen molar-refractivity contribution in [1.82, 2.24) is 5.32 Å². The fourth-order valence-corrected chi connectivity index (χ4v) is 3.46. The summed E-state index contributed by atoms with van der Waals surface area (Å²) in [5.41, 5.74) is 2.46. The van der Waals surface area contributed by atoms with E-state index in [-0.39, 0.29) is 6.04 Å². The van der Waals surface area contributed by atoms with Crippen LogP contribution in [0.4, 0.5) is 0 Å². The first-order valence-electron chi connectivity index (χ1n) is 9.25. The Balaban J connectivity index is 1.59. The number of hydrogen-bond donors (Lipinski definition) is 2. The second-order valence-electron chi connectivity index (χ2n) is 7.17. The standard InChI is InChI=1S/C23H27NO2/c1-18-5-3-6-19(15-18)12-14-23(25)13-4-7-21(16-23)24-17-20-8-10-22(26-2)11-9-20/h3,5-6,8-11,15,21,24-25H,4,7,13,16-17H2,1-2H3. The summed E-state index contributed by atoms with van der Waals surface area (Å²) >= 11 is 0. The van der Waals surface area contributed by atoms with Crippen molar-refractivity contribution in [3.63, 3.8) is 0 Å². The summed E-state index contributed by atoms with van der Waals surface area (Å²) in [4.78, 5) is 0. The fraction of sp³-hybridized carbons (Fsp3) is 0.391. The topological polar surface area (TPSA) is 41.5 Å². The van der Waals surface area contributed by atoms with Gasteiger partial charge in [0.2, 0.25) is 0 Å². The molecule has 2 aromatic rings. The lowest BCUT2D eigenvalue weighted by Crippen LogP contribution is -2.42. The van der Waals surface area contributed by atoms with E-state index in [0.29, 0.717) is 6.42 Å². The van der Waals surface area contributed by atoms with Crippen LogP contribution in [0.1, 0.15) is 42.4 Å². The molecule has 0 aliphatic heterocycles. The second kappa shape index (κ2) is 8.40. The lowest BCUT2D eigenvalue weighted by molar-refractivity contribution is 0.0464. The molecule has 0 bridgehead atoms. The molecule has 0 saturated heterocycles. The van der Waals surface area contributed by atoms with Crippen LogP contribution in [0.3, 0.4) is 0 Å². The Morgan fingerprint density at radius 1 is 1.23 bits per heavy atom. The summed E-state index contributed by atoms with van der Waals surface area (Å²) in [6.07, 6.45) is 3.47. The van der Waals surface area contributed by atoms with Gasteiger partial charge >= 0.3 is 0 Å². The highest BCUT2D eigenvalue weighted by molar-refractivity contribution is 5.38. The van der Waals surface area contributed by atoms with Crippen molar-refractivity contribution in [2.45, 2.75) is 50.8 Å².